The number of para-hydroxylation sites is 1. The third-order valence-electron chi connectivity index (χ3n) is 5.82. The van der Waals surface area contributed by atoms with Crippen LogP contribution >= 0.6 is 0 Å². The molecule has 6 nitrogen and oxygen atoms in total. The van der Waals surface area contributed by atoms with Crippen LogP contribution < -0.4 is 4.74 Å². The number of hydrogen-bond acceptors (Lipinski definition) is 3. The van der Waals surface area contributed by atoms with E-state index in [1.54, 1.807) is 24.0 Å². The lowest BCUT2D eigenvalue weighted by Crippen LogP contribution is -2.41. The van der Waals surface area contributed by atoms with Crippen LogP contribution in [-0.4, -0.2) is 38.7 Å². The zero-order valence-electron chi connectivity index (χ0n) is 17.1. The maximum absolute atomic E-state index is 13.5. The van der Waals surface area contributed by atoms with Crippen molar-refractivity contribution in [2.45, 2.75) is 19.4 Å². The summed E-state index contributed by atoms with van der Waals surface area (Å²) < 4.78 is 7.38. The molecule has 1 aliphatic heterocycles. The highest BCUT2D eigenvalue weighted by Crippen LogP contribution is 2.39. The molecule has 0 aliphatic carbocycles. The molecule has 1 atom stereocenters. The summed E-state index contributed by atoms with van der Waals surface area (Å²) in [5.41, 5.74) is 5.07. The zero-order chi connectivity index (χ0) is 20.7. The summed E-state index contributed by atoms with van der Waals surface area (Å²) in [6, 6.07) is 17.9. The first-order valence-corrected chi connectivity index (χ1v) is 10.3. The van der Waals surface area contributed by atoms with Gasteiger partial charge in [-0.3, -0.25) is 9.48 Å². The van der Waals surface area contributed by atoms with Gasteiger partial charge in [-0.1, -0.05) is 30.3 Å². The average molecular weight is 400 g/mol. The fourth-order valence-corrected chi connectivity index (χ4v) is 4.48. The minimum atomic E-state index is -0.219. The maximum atomic E-state index is 13.5. The van der Waals surface area contributed by atoms with Crippen molar-refractivity contribution in [1.29, 1.82) is 0 Å². The lowest BCUT2D eigenvalue weighted by molar-refractivity contribution is 0.0680. The fraction of sp³-hybridized carbons (Fsp3) is 0.250. The Morgan fingerprint density at radius 2 is 2.07 bits per heavy atom. The minimum absolute atomic E-state index is 0.0221. The van der Waals surface area contributed by atoms with Crippen molar-refractivity contribution in [2.75, 3.05) is 13.2 Å². The molecule has 1 amide bonds. The van der Waals surface area contributed by atoms with E-state index in [1.807, 2.05) is 36.1 Å². The molecular formula is C24H24N4O2. The van der Waals surface area contributed by atoms with Gasteiger partial charge < -0.3 is 14.6 Å². The molecule has 0 fully saturated rings. The Hall–Kier alpha value is -3.54. The summed E-state index contributed by atoms with van der Waals surface area (Å²) in [6.45, 7) is 3.22. The Morgan fingerprint density at radius 3 is 2.87 bits per heavy atom. The molecule has 6 heteroatoms. The number of H-pyrrole nitrogens is 1. The highest BCUT2D eigenvalue weighted by Gasteiger charge is 2.35. The zero-order valence-corrected chi connectivity index (χ0v) is 17.1. The number of fused-ring (bicyclic) bond motifs is 3. The minimum Gasteiger partial charge on any atom is -0.494 e. The van der Waals surface area contributed by atoms with E-state index in [4.69, 9.17) is 4.74 Å². The summed E-state index contributed by atoms with van der Waals surface area (Å²) in [7, 11) is 1.80. The van der Waals surface area contributed by atoms with Crippen molar-refractivity contribution in [3.05, 3.63) is 83.3 Å². The number of amides is 1. The van der Waals surface area contributed by atoms with Gasteiger partial charge in [-0.15, -0.1) is 0 Å². The number of carbonyl (C=O) groups is 1. The van der Waals surface area contributed by atoms with E-state index in [0.717, 1.165) is 28.9 Å². The van der Waals surface area contributed by atoms with Crippen molar-refractivity contribution >= 4 is 16.8 Å². The van der Waals surface area contributed by atoms with Crippen LogP contribution in [-0.2, 0) is 13.5 Å². The first-order valence-electron chi connectivity index (χ1n) is 10.3. The molecule has 1 N–H and O–H groups in total. The number of carbonyl (C=O) groups excluding carboxylic acids is 1. The number of nitrogens with one attached hydrogen (secondary N) is 1. The van der Waals surface area contributed by atoms with Gasteiger partial charge in [-0.2, -0.15) is 5.10 Å². The van der Waals surface area contributed by atoms with E-state index in [1.165, 1.54) is 10.9 Å². The largest absolute Gasteiger partial charge is 0.494 e. The van der Waals surface area contributed by atoms with Gasteiger partial charge in [0.05, 0.1) is 12.6 Å². The third-order valence-corrected chi connectivity index (χ3v) is 5.82. The fourth-order valence-electron chi connectivity index (χ4n) is 4.48. The molecule has 1 unspecified atom stereocenters. The molecule has 152 valence electrons. The van der Waals surface area contributed by atoms with Crippen molar-refractivity contribution in [2.24, 2.45) is 7.05 Å². The molecular weight excluding hydrogens is 376 g/mol. The van der Waals surface area contributed by atoms with Crippen LogP contribution in [0.25, 0.3) is 10.9 Å². The predicted molar refractivity (Wildman–Crippen MR) is 116 cm³/mol. The van der Waals surface area contributed by atoms with E-state index in [2.05, 4.69) is 34.3 Å². The van der Waals surface area contributed by atoms with Crippen LogP contribution in [0.15, 0.2) is 60.8 Å². The summed E-state index contributed by atoms with van der Waals surface area (Å²) in [5, 5.41) is 5.42. The van der Waals surface area contributed by atoms with E-state index >= 15 is 0 Å². The Morgan fingerprint density at radius 1 is 1.20 bits per heavy atom. The van der Waals surface area contributed by atoms with Crippen LogP contribution in [0.2, 0.25) is 0 Å². The molecule has 0 saturated heterocycles. The first-order chi connectivity index (χ1) is 14.7. The topological polar surface area (TPSA) is 63.1 Å². The van der Waals surface area contributed by atoms with Gasteiger partial charge in [0, 0.05) is 36.4 Å². The number of aromatic nitrogens is 3. The van der Waals surface area contributed by atoms with Crippen LogP contribution in [0.4, 0.5) is 0 Å². The number of benzene rings is 2. The molecule has 0 spiro atoms. The third kappa shape index (κ3) is 2.96. The van der Waals surface area contributed by atoms with Gasteiger partial charge in [-0.25, -0.2) is 0 Å². The summed E-state index contributed by atoms with van der Waals surface area (Å²) in [6.07, 6.45) is 2.47. The van der Waals surface area contributed by atoms with E-state index in [-0.39, 0.29) is 11.9 Å². The molecule has 2 aromatic heterocycles. The smallest absolute Gasteiger partial charge is 0.272 e. The highest BCUT2D eigenvalue weighted by atomic mass is 16.5. The second kappa shape index (κ2) is 7.37. The molecule has 0 saturated carbocycles. The van der Waals surface area contributed by atoms with Crippen molar-refractivity contribution in [1.82, 2.24) is 19.7 Å². The maximum Gasteiger partial charge on any atom is 0.272 e. The molecule has 1 aliphatic rings. The van der Waals surface area contributed by atoms with Crippen LogP contribution in [0.1, 0.15) is 40.3 Å². The average Bonchev–Trinajstić information content (AvgIpc) is 3.36. The molecule has 0 radical (unpaired) electrons. The highest BCUT2D eigenvalue weighted by molar-refractivity contribution is 5.94. The van der Waals surface area contributed by atoms with Gasteiger partial charge in [0.2, 0.25) is 0 Å². The Bertz CT molecular complexity index is 1220. The lowest BCUT2D eigenvalue weighted by atomic mass is 9.92. The number of ether oxygens (including phenoxy) is 1. The quantitative estimate of drug-likeness (QED) is 0.561. The number of hydrogen-bond donors (Lipinski definition) is 1. The van der Waals surface area contributed by atoms with Crippen LogP contribution in [0.3, 0.4) is 0 Å². The molecule has 30 heavy (non-hydrogen) atoms. The van der Waals surface area contributed by atoms with Gasteiger partial charge in [0.1, 0.15) is 11.4 Å². The van der Waals surface area contributed by atoms with Gasteiger partial charge in [0.25, 0.3) is 5.91 Å². The van der Waals surface area contributed by atoms with Gasteiger partial charge >= 0.3 is 0 Å². The standard InChI is InChI=1S/C24H24N4O2/c1-3-30-17-8-6-7-16(15-17)23-22-19(18-9-4-5-10-20(18)26-22)12-14-28(23)24(29)21-11-13-25-27(21)2/h4-11,13,15,23,26H,3,12,14H2,1-2H3. The Kier molecular flexibility index (Phi) is 4.54. The molecule has 3 heterocycles. The number of aromatic amines is 1. The molecule has 0 bridgehead atoms. The van der Waals surface area contributed by atoms with E-state index in [9.17, 15) is 4.79 Å². The second-order valence-electron chi connectivity index (χ2n) is 7.56. The number of aryl methyl sites for hydroxylation is 1. The van der Waals surface area contributed by atoms with Crippen molar-refractivity contribution in [3.63, 3.8) is 0 Å². The molecule has 4 aromatic rings. The molecule has 2 aromatic carbocycles. The van der Waals surface area contributed by atoms with Crippen LogP contribution in [0, 0.1) is 0 Å². The van der Waals surface area contributed by atoms with Crippen molar-refractivity contribution in [3.8, 4) is 5.75 Å². The van der Waals surface area contributed by atoms with Crippen molar-refractivity contribution < 1.29 is 9.53 Å². The Labute approximate surface area is 175 Å². The summed E-state index contributed by atoms with van der Waals surface area (Å²) in [5.74, 6) is 0.789. The Balaban J connectivity index is 1.67. The number of nitrogens with zero attached hydrogens (tertiary/aromatic N) is 3. The summed E-state index contributed by atoms with van der Waals surface area (Å²) >= 11 is 0. The van der Waals surface area contributed by atoms with Gasteiger partial charge in [0.15, 0.2) is 0 Å². The van der Waals surface area contributed by atoms with E-state index in [0.29, 0.717) is 18.8 Å². The van der Waals surface area contributed by atoms with E-state index < -0.39 is 0 Å². The second-order valence-corrected chi connectivity index (χ2v) is 7.56. The normalized spacial score (nSPS) is 15.9. The molecule has 5 rings (SSSR count). The number of rotatable bonds is 4. The van der Waals surface area contributed by atoms with Gasteiger partial charge in [-0.05, 0) is 48.7 Å². The SMILES string of the molecule is CCOc1cccc(C2c3[nH]c4ccccc4c3CCN2C(=O)c2ccnn2C)c1. The monoisotopic (exact) mass is 400 g/mol. The first kappa shape index (κ1) is 18.5. The summed E-state index contributed by atoms with van der Waals surface area (Å²) in [4.78, 5) is 19.1. The van der Waals surface area contributed by atoms with Crippen LogP contribution in [0.5, 0.6) is 5.75 Å². The predicted octanol–water partition coefficient (Wildman–Crippen LogP) is 4.09. The lowest BCUT2D eigenvalue weighted by Gasteiger charge is -2.36.